The fraction of sp³-hybridized carbons (Fsp3) is 0.583. The van der Waals surface area contributed by atoms with Crippen LogP contribution in [0.4, 0.5) is 4.79 Å². The molecule has 1 aromatic heterocycles. The van der Waals surface area contributed by atoms with Gasteiger partial charge in [0, 0.05) is 38.8 Å². The Bertz CT molecular complexity index is 515. The number of aryl methyl sites for hydroxylation is 1. The second-order valence-electron chi connectivity index (χ2n) is 5.06. The quantitative estimate of drug-likeness (QED) is 0.778. The zero-order valence-corrected chi connectivity index (χ0v) is 11.4. The molecular formula is C12H18N4O4. The summed E-state index contributed by atoms with van der Waals surface area (Å²) in [6.45, 7) is 0.388. The number of amides is 2. The number of hydrogen-bond acceptors (Lipinski definition) is 4. The van der Waals surface area contributed by atoms with Crippen molar-refractivity contribution in [2.45, 2.75) is 25.1 Å². The first-order valence-electron chi connectivity index (χ1n) is 6.28. The van der Waals surface area contributed by atoms with Crippen molar-refractivity contribution in [2.75, 3.05) is 13.6 Å². The van der Waals surface area contributed by atoms with Gasteiger partial charge in [-0.1, -0.05) is 0 Å². The van der Waals surface area contributed by atoms with E-state index in [1.807, 2.05) is 0 Å². The predicted molar refractivity (Wildman–Crippen MR) is 68.8 cm³/mol. The molecule has 8 nitrogen and oxygen atoms in total. The highest BCUT2D eigenvalue weighted by molar-refractivity contribution is 5.83. The molecule has 1 aliphatic rings. The molecule has 0 bridgehead atoms. The minimum absolute atomic E-state index is 0.0488. The van der Waals surface area contributed by atoms with Gasteiger partial charge in [-0.2, -0.15) is 5.10 Å². The molecule has 0 saturated carbocycles. The van der Waals surface area contributed by atoms with Crippen molar-refractivity contribution >= 4 is 12.0 Å². The van der Waals surface area contributed by atoms with Crippen LogP contribution < -0.4 is 0 Å². The summed E-state index contributed by atoms with van der Waals surface area (Å²) in [7, 11) is 3.38. The molecule has 2 atom stereocenters. The van der Waals surface area contributed by atoms with E-state index in [2.05, 4.69) is 5.10 Å². The van der Waals surface area contributed by atoms with E-state index >= 15 is 0 Å². The molecular weight excluding hydrogens is 264 g/mol. The van der Waals surface area contributed by atoms with Crippen molar-refractivity contribution in [3.8, 4) is 0 Å². The maximum absolute atomic E-state index is 12.3. The Morgan fingerprint density at radius 2 is 2.25 bits per heavy atom. The zero-order chi connectivity index (χ0) is 14.9. The van der Waals surface area contributed by atoms with Gasteiger partial charge in [-0.25, -0.2) is 9.59 Å². The van der Waals surface area contributed by atoms with Crippen LogP contribution >= 0.6 is 0 Å². The minimum Gasteiger partial charge on any atom is -0.480 e. The highest BCUT2D eigenvalue weighted by atomic mass is 16.4. The van der Waals surface area contributed by atoms with Crippen LogP contribution in [-0.2, 0) is 18.4 Å². The zero-order valence-electron chi connectivity index (χ0n) is 11.4. The number of β-amino-alcohol motifs (C(OH)–C–C–N with tert-alkyl or cyclic N) is 1. The lowest BCUT2D eigenvalue weighted by atomic mass is 10.2. The molecule has 0 aromatic carbocycles. The molecule has 1 fully saturated rings. The first kappa shape index (κ1) is 14.3. The standard InChI is InChI=1S/C12H18N4O4/c1-14(5-8-4-13-15(2)6-8)12(20)16-7-9(17)3-10(16)11(18)19/h4,6,9-10,17H,3,5,7H2,1-2H3,(H,18,19)/t9-,10+/m1/s1. The molecule has 1 saturated heterocycles. The molecule has 0 spiro atoms. The Hall–Kier alpha value is -2.09. The number of hydrogen-bond donors (Lipinski definition) is 2. The topological polar surface area (TPSA) is 98.9 Å². The van der Waals surface area contributed by atoms with Crippen LogP contribution in [0.3, 0.4) is 0 Å². The summed E-state index contributed by atoms with van der Waals surface area (Å²) in [5.41, 5.74) is 0.856. The summed E-state index contributed by atoms with van der Waals surface area (Å²) in [5, 5.41) is 22.7. The number of rotatable bonds is 3. The second-order valence-corrected chi connectivity index (χ2v) is 5.06. The van der Waals surface area contributed by atoms with Crippen LogP contribution in [0.1, 0.15) is 12.0 Å². The Morgan fingerprint density at radius 1 is 1.55 bits per heavy atom. The molecule has 2 rings (SSSR count). The SMILES string of the molecule is CN(Cc1cnn(C)c1)C(=O)N1C[C@H](O)C[C@H]1C(=O)O. The van der Waals surface area contributed by atoms with Crippen LogP contribution in [0.15, 0.2) is 12.4 Å². The van der Waals surface area contributed by atoms with Crippen LogP contribution in [-0.4, -0.2) is 67.5 Å². The molecule has 0 aliphatic carbocycles. The van der Waals surface area contributed by atoms with E-state index in [0.717, 1.165) is 5.56 Å². The number of nitrogens with zero attached hydrogens (tertiary/aromatic N) is 4. The first-order chi connectivity index (χ1) is 9.38. The Labute approximate surface area is 116 Å². The number of aliphatic carboxylic acids is 1. The number of carboxylic acids is 1. The average Bonchev–Trinajstić information content (AvgIpc) is 2.94. The Balaban J connectivity index is 2.04. The van der Waals surface area contributed by atoms with Gasteiger partial charge in [0.25, 0.3) is 0 Å². The highest BCUT2D eigenvalue weighted by Crippen LogP contribution is 2.20. The van der Waals surface area contributed by atoms with Crippen molar-refractivity contribution in [3.63, 3.8) is 0 Å². The normalized spacial score (nSPS) is 22.1. The van der Waals surface area contributed by atoms with Gasteiger partial charge in [0.15, 0.2) is 0 Å². The number of carboxylic acid groups (broad SMARTS) is 1. The highest BCUT2D eigenvalue weighted by Gasteiger charge is 2.40. The Morgan fingerprint density at radius 3 is 2.80 bits per heavy atom. The monoisotopic (exact) mass is 282 g/mol. The molecule has 110 valence electrons. The second kappa shape index (κ2) is 5.49. The third kappa shape index (κ3) is 2.90. The minimum atomic E-state index is -1.09. The lowest BCUT2D eigenvalue weighted by Gasteiger charge is -2.27. The maximum atomic E-state index is 12.3. The van der Waals surface area contributed by atoms with Crippen LogP contribution in [0.5, 0.6) is 0 Å². The predicted octanol–water partition coefficient (Wildman–Crippen LogP) is -0.508. The first-order valence-corrected chi connectivity index (χ1v) is 6.28. The molecule has 2 N–H and O–H groups in total. The van der Waals surface area contributed by atoms with Crippen molar-refractivity contribution in [3.05, 3.63) is 18.0 Å². The van der Waals surface area contributed by atoms with E-state index in [4.69, 9.17) is 5.11 Å². The summed E-state index contributed by atoms with van der Waals surface area (Å²) >= 11 is 0. The van der Waals surface area contributed by atoms with Crippen molar-refractivity contribution < 1.29 is 19.8 Å². The van der Waals surface area contributed by atoms with Gasteiger partial charge in [0.2, 0.25) is 0 Å². The van der Waals surface area contributed by atoms with E-state index in [-0.39, 0.29) is 13.0 Å². The van der Waals surface area contributed by atoms with E-state index in [0.29, 0.717) is 6.54 Å². The number of aliphatic hydroxyl groups is 1. The molecule has 1 aromatic rings. The number of aromatic nitrogens is 2. The molecule has 20 heavy (non-hydrogen) atoms. The van der Waals surface area contributed by atoms with Gasteiger partial charge in [-0.15, -0.1) is 0 Å². The summed E-state index contributed by atoms with van der Waals surface area (Å²) in [6, 6.07) is -1.37. The van der Waals surface area contributed by atoms with E-state index in [1.165, 1.54) is 9.80 Å². The molecule has 0 unspecified atom stereocenters. The fourth-order valence-electron chi connectivity index (χ4n) is 2.37. The lowest BCUT2D eigenvalue weighted by Crippen LogP contribution is -2.46. The van der Waals surface area contributed by atoms with Gasteiger partial charge in [0.1, 0.15) is 6.04 Å². The van der Waals surface area contributed by atoms with Gasteiger partial charge in [-0.05, 0) is 0 Å². The summed E-state index contributed by atoms with van der Waals surface area (Å²) < 4.78 is 1.63. The van der Waals surface area contributed by atoms with Gasteiger partial charge < -0.3 is 20.0 Å². The largest absolute Gasteiger partial charge is 0.480 e. The molecule has 2 heterocycles. The summed E-state index contributed by atoms with van der Waals surface area (Å²) in [4.78, 5) is 26.0. The van der Waals surface area contributed by atoms with Crippen LogP contribution in [0.25, 0.3) is 0 Å². The average molecular weight is 282 g/mol. The summed E-state index contributed by atoms with van der Waals surface area (Å²) in [5.74, 6) is -1.09. The number of urea groups is 1. The van der Waals surface area contributed by atoms with Crippen LogP contribution in [0, 0.1) is 0 Å². The number of carbonyl (C=O) groups excluding carboxylic acids is 1. The summed E-state index contributed by atoms with van der Waals surface area (Å²) in [6.07, 6.45) is 2.72. The third-order valence-electron chi connectivity index (χ3n) is 3.31. The maximum Gasteiger partial charge on any atom is 0.326 e. The molecule has 0 radical (unpaired) electrons. The van der Waals surface area contributed by atoms with E-state index in [9.17, 15) is 14.7 Å². The number of likely N-dealkylation sites (tertiary alicyclic amines) is 1. The number of carbonyl (C=O) groups is 2. The van der Waals surface area contributed by atoms with Crippen LogP contribution in [0.2, 0.25) is 0 Å². The van der Waals surface area contributed by atoms with E-state index < -0.39 is 24.1 Å². The van der Waals surface area contributed by atoms with Crippen molar-refractivity contribution in [1.82, 2.24) is 19.6 Å². The fourth-order valence-corrected chi connectivity index (χ4v) is 2.37. The third-order valence-corrected chi connectivity index (χ3v) is 3.31. The molecule has 8 heteroatoms. The van der Waals surface area contributed by atoms with Gasteiger partial charge >= 0.3 is 12.0 Å². The van der Waals surface area contributed by atoms with E-state index in [1.54, 1.807) is 31.2 Å². The molecule has 1 aliphatic heterocycles. The lowest BCUT2D eigenvalue weighted by molar-refractivity contribution is -0.141. The smallest absolute Gasteiger partial charge is 0.326 e. The Kier molecular flexibility index (Phi) is 3.93. The molecule has 2 amide bonds. The van der Waals surface area contributed by atoms with Crippen molar-refractivity contribution in [2.24, 2.45) is 7.05 Å². The van der Waals surface area contributed by atoms with Gasteiger partial charge in [0.05, 0.1) is 18.8 Å². The number of aliphatic hydroxyl groups excluding tert-OH is 1. The van der Waals surface area contributed by atoms with Gasteiger partial charge in [-0.3, -0.25) is 4.68 Å². The van der Waals surface area contributed by atoms with Crippen molar-refractivity contribution in [1.29, 1.82) is 0 Å².